The van der Waals surface area contributed by atoms with Crippen LogP contribution in [-0.2, 0) is 13.0 Å². The summed E-state index contributed by atoms with van der Waals surface area (Å²) < 4.78 is 1.13. The summed E-state index contributed by atoms with van der Waals surface area (Å²) in [6, 6.07) is 15.3. The number of benzene rings is 2. The Kier molecular flexibility index (Phi) is 10.1. The minimum absolute atomic E-state index is 0.0165. The van der Waals surface area contributed by atoms with Crippen molar-refractivity contribution in [1.82, 2.24) is 15.3 Å². The van der Waals surface area contributed by atoms with E-state index in [0.717, 1.165) is 34.0 Å². The van der Waals surface area contributed by atoms with Gasteiger partial charge in [0, 0.05) is 27.3 Å². The Labute approximate surface area is 226 Å². The molecule has 3 aromatic rings. The molecule has 0 saturated carbocycles. The lowest BCUT2D eigenvalue weighted by Crippen LogP contribution is -2.38. The van der Waals surface area contributed by atoms with Crippen LogP contribution in [-0.4, -0.2) is 28.4 Å². The first-order valence-electron chi connectivity index (χ1n) is 10.9. The maximum Gasteiger partial charge on any atom is 0.280 e. The molecule has 2 aromatic carbocycles. The predicted molar refractivity (Wildman–Crippen MR) is 150 cm³/mol. The quantitative estimate of drug-likeness (QED) is 0.0475. The number of rotatable bonds is 10. The van der Waals surface area contributed by atoms with Crippen LogP contribution in [0, 0.1) is 3.57 Å². The highest BCUT2D eigenvalue weighted by Gasteiger charge is 2.17. The number of amides is 1. The molecule has 0 saturated heterocycles. The average Bonchev–Trinajstić information content (AvgIpc) is 2.86. The predicted octanol–water partition coefficient (Wildman–Crippen LogP) is 4.94. The van der Waals surface area contributed by atoms with Crippen molar-refractivity contribution in [2.24, 2.45) is 15.8 Å². The van der Waals surface area contributed by atoms with Gasteiger partial charge in [-0.15, -0.1) is 0 Å². The van der Waals surface area contributed by atoms with Crippen molar-refractivity contribution >= 4 is 63.4 Å². The van der Waals surface area contributed by atoms with Crippen LogP contribution in [0.2, 0.25) is 5.15 Å². The van der Waals surface area contributed by atoms with Gasteiger partial charge < -0.3 is 16.8 Å². The number of carbonyl (C=O) groups is 1. The zero-order valence-electron chi connectivity index (χ0n) is 19.2. The molecule has 1 amide bonds. The molecule has 186 valence electrons. The molecule has 0 radical (unpaired) electrons. The second-order valence-electron chi connectivity index (χ2n) is 7.61. The van der Waals surface area contributed by atoms with E-state index in [0.29, 0.717) is 18.8 Å². The van der Waals surface area contributed by atoms with Crippen molar-refractivity contribution in [1.29, 1.82) is 0 Å². The molecule has 0 bridgehead atoms. The molecule has 0 aliphatic carbocycles. The number of halogens is 2. The van der Waals surface area contributed by atoms with E-state index in [1.54, 1.807) is 12.1 Å². The Morgan fingerprint density at radius 3 is 2.47 bits per heavy atom. The lowest BCUT2D eigenvalue weighted by atomic mass is 10.1. The van der Waals surface area contributed by atoms with E-state index in [1.807, 2.05) is 36.4 Å². The number of anilines is 2. The van der Waals surface area contributed by atoms with Gasteiger partial charge in [-0.05, 0) is 70.6 Å². The van der Waals surface area contributed by atoms with E-state index < -0.39 is 5.91 Å². The smallest absolute Gasteiger partial charge is 0.280 e. The molecule has 1 aromatic heterocycles. The first kappa shape index (κ1) is 27.0. The standard InChI is InChI=1S/C23H24ClIN10O/c24-19-21(30-13-15-4-8-16(25)9-5-15)32-20(26)18(31-19)22(36)33-23(27)29-12-2-1-3-14-6-10-17(11-7-14)34-35-28/h4-11H,1-3,12-13H2,(H3,26,30,32)(H3,27,29,33,36). The second kappa shape index (κ2) is 13.5. The Hall–Kier alpha value is -3.61. The van der Waals surface area contributed by atoms with E-state index in [9.17, 15) is 4.79 Å². The monoisotopic (exact) mass is 618 g/mol. The molecular formula is C23H24ClIN10O. The molecule has 13 heteroatoms. The zero-order chi connectivity index (χ0) is 25.9. The number of unbranched alkanes of at least 4 members (excludes halogenated alkanes) is 1. The van der Waals surface area contributed by atoms with Crippen molar-refractivity contribution in [3.05, 3.63) is 84.5 Å². The first-order valence-corrected chi connectivity index (χ1v) is 12.4. The molecule has 0 spiro atoms. The minimum atomic E-state index is -0.646. The van der Waals surface area contributed by atoms with Gasteiger partial charge in [-0.3, -0.25) is 15.1 Å². The van der Waals surface area contributed by atoms with Crippen molar-refractivity contribution in [2.45, 2.75) is 25.8 Å². The van der Waals surface area contributed by atoms with Crippen molar-refractivity contribution in [2.75, 3.05) is 17.6 Å². The molecule has 0 atom stereocenters. The molecule has 0 unspecified atom stereocenters. The third-order valence-corrected chi connectivity index (χ3v) is 5.95. The third kappa shape index (κ3) is 8.26. The van der Waals surface area contributed by atoms with Gasteiger partial charge >= 0.3 is 0 Å². The summed E-state index contributed by atoms with van der Waals surface area (Å²) in [6.07, 6.45) is 2.48. The van der Waals surface area contributed by atoms with Crippen LogP contribution < -0.4 is 22.1 Å². The Morgan fingerprint density at radius 2 is 1.78 bits per heavy atom. The molecular weight excluding hydrogens is 595 g/mol. The van der Waals surface area contributed by atoms with Gasteiger partial charge in [0.15, 0.2) is 28.4 Å². The third-order valence-electron chi connectivity index (χ3n) is 4.96. The summed E-state index contributed by atoms with van der Waals surface area (Å²) in [7, 11) is 0. The Bertz CT molecular complexity index is 1280. The van der Waals surface area contributed by atoms with Crippen molar-refractivity contribution in [3.63, 3.8) is 0 Å². The largest absolute Gasteiger partial charge is 0.382 e. The van der Waals surface area contributed by atoms with Crippen LogP contribution in [0.15, 0.2) is 58.6 Å². The number of nitrogens with two attached hydrogens (primary N) is 2. The van der Waals surface area contributed by atoms with Crippen molar-refractivity contribution < 1.29 is 4.79 Å². The fourth-order valence-electron chi connectivity index (χ4n) is 3.13. The molecule has 11 nitrogen and oxygen atoms in total. The maximum atomic E-state index is 12.5. The van der Waals surface area contributed by atoms with E-state index in [2.05, 4.69) is 58.2 Å². The van der Waals surface area contributed by atoms with Crippen LogP contribution in [0.3, 0.4) is 0 Å². The van der Waals surface area contributed by atoms with Crippen LogP contribution in [0.5, 0.6) is 0 Å². The Morgan fingerprint density at radius 1 is 1.08 bits per heavy atom. The van der Waals surface area contributed by atoms with Gasteiger partial charge in [0.2, 0.25) is 0 Å². The number of azide groups is 1. The fraction of sp³-hybridized carbons (Fsp3) is 0.217. The zero-order valence-corrected chi connectivity index (χ0v) is 22.1. The highest BCUT2D eigenvalue weighted by atomic mass is 127. The summed E-state index contributed by atoms with van der Waals surface area (Å²) >= 11 is 8.44. The normalized spacial score (nSPS) is 11.0. The summed E-state index contributed by atoms with van der Waals surface area (Å²) in [5.41, 5.74) is 22.8. The number of nitrogens with zero attached hydrogens (tertiary/aromatic N) is 6. The van der Waals surface area contributed by atoms with E-state index in [1.165, 1.54) is 0 Å². The number of aliphatic imine (C=N–C) groups is 1. The fourth-order valence-corrected chi connectivity index (χ4v) is 3.69. The van der Waals surface area contributed by atoms with E-state index in [4.69, 9.17) is 28.6 Å². The molecule has 0 aliphatic heterocycles. The molecule has 0 aliphatic rings. The van der Waals surface area contributed by atoms with Crippen LogP contribution in [0.25, 0.3) is 10.4 Å². The number of guanidine groups is 1. The highest BCUT2D eigenvalue weighted by Crippen LogP contribution is 2.21. The van der Waals surface area contributed by atoms with Crippen LogP contribution in [0.1, 0.15) is 34.5 Å². The molecule has 0 fully saturated rings. The number of nitrogen functional groups attached to an aromatic ring is 1. The van der Waals surface area contributed by atoms with Gasteiger partial charge in [0.25, 0.3) is 5.91 Å². The number of carbonyl (C=O) groups excluding carboxylic acids is 1. The number of hydrogen-bond acceptors (Lipinski definition) is 7. The summed E-state index contributed by atoms with van der Waals surface area (Å²) in [6.45, 7) is 0.906. The SMILES string of the molecule is [N-]=[N+]=Nc1ccc(CCCCN=C(N)NC(=O)c2nc(Cl)c(NCc3ccc(I)cc3)nc2N)cc1. The summed E-state index contributed by atoms with van der Waals surface area (Å²) in [5.74, 6) is -0.496. The maximum absolute atomic E-state index is 12.5. The van der Waals surface area contributed by atoms with Gasteiger partial charge in [-0.2, -0.15) is 0 Å². The lowest BCUT2D eigenvalue weighted by molar-refractivity contribution is 0.0972. The average molecular weight is 619 g/mol. The van der Waals surface area contributed by atoms with Crippen LogP contribution >= 0.6 is 34.2 Å². The number of hydrogen-bond donors (Lipinski definition) is 4. The first-order chi connectivity index (χ1) is 17.4. The number of aryl methyl sites for hydroxylation is 1. The molecule has 3 rings (SSSR count). The van der Waals surface area contributed by atoms with E-state index in [-0.39, 0.29) is 28.4 Å². The molecule has 36 heavy (non-hydrogen) atoms. The van der Waals surface area contributed by atoms with Gasteiger partial charge in [-0.1, -0.05) is 53.1 Å². The van der Waals surface area contributed by atoms with Crippen molar-refractivity contribution in [3.8, 4) is 0 Å². The minimum Gasteiger partial charge on any atom is -0.382 e. The second-order valence-corrected chi connectivity index (χ2v) is 9.21. The van der Waals surface area contributed by atoms with Gasteiger partial charge in [-0.25, -0.2) is 9.97 Å². The number of aromatic nitrogens is 2. The lowest BCUT2D eigenvalue weighted by Gasteiger charge is -2.11. The highest BCUT2D eigenvalue weighted by molar-refractivity contribution is 14.1. The summed E-state index contributed by atoms with van der Waals surface area (Å²) in [5, 5.41) is 9.09. The van der Waals surface area contributed by atoms with Gasteiger partial charge in [0.1, 0.15) is 0 Å². The molecule has 6 N–H and O–H groups in total. The van der Waals surface area contributed by atoms with E-state index >= 15 is 0 Å². The Balaban J connectivity index is 1.47. The van der Waals surface area contributed by atoms with Crippen LogP contribution in [0.4, 0.5) is 17.3 Å². The topological polar surface area (TPSA) is 180 Å². The van der Waals surface area contributed by atoms with Gasteiger partial charge in [0.05, 0.1) is 0 Å². The number of nitrogens with one attached hydrogen (secondary N) is 2. The molecule has 1 heterocycles. The summed E-state index contributed by atoms with van der Waals surface area (Å²) in [4.78, 5) is 27.7.